The van der Waals surface area contributed by atoms with Crippen LogP contribution in [0.3, 0.4) is 0 Å². The minimum absolute atomic E-state index is 0.468. The molecular weight excluding hydrogens is 194 g/mol. The van der Waals surface area contributed by atoms with Gasteiger partial charge in [0.05, 0.1) is 0 Å². The molecule has 0 aliphatic heterocycles. The zero-order chi connectivity index (χ0) is 12.3. The highest BCUT2D eigenvalue weighted by molar-refractivity contribution is 4.87. The molecule has 0 saturated heterocycles. The Balaban J connectivity index is 2.48. The molecular formula is C15H31N. The Hall–Kier alpha value is -0.0400. The maximum Gasteiger partial charge on any atom is 0.00673 e. The molecule has 0 aromatic heterocycles. The summed E-state index contributed by atoms with van der Waals surface area (Å²) in [6.07, 6.45) is 6.62. The van der Waals surface area contributed by atoms with Crippen molar-refractivity contribution < 1.29 is 0 Å². The Morgan fingerprint density at radius 2 is 1.81 bits per heavy atom. The maximum atomic E-state index is 6.27. The summed E-state index contributed by atoms with van der Waals surface area (Å²) in [4.78, 5) is 0. The first-order valence-electron chi connectivity index (χ1n) is 7.06. The SMILES string of the molecule is CC(C)CCC1CC(C(C)(C)C)CCC1N. The van der Waals surface area contributed by atoms with Crippen LogP contribution in [0.15, 0.2) is 0 Å². The molecule has 0 bridgehead atoms. The van der Waals surface area contributed by atoms with Gasteiger partial charge in [0.25, 0.3) is 0 Å². The van der Waals surface area contributed by atoms with E-state index in [1.807, 2.05) is 0 Å². The van der Waals surface area contributed by atoms with E-state index in [1.54, 1.807) is 0 Å². The molecule has 1 fully saturated rings. The lowest BCUT2D eigenvalue weighted by molar-refractivity contribution is 0.119. The van der Waals surface area contributed by atoms with Crippen LogP contribution >= 0.6 is 0 Å². The van der Waals surface area contributed by atoms with E-state index in [-0.39, 0.29) is 0 Å². The van der Waals surface area contributed by atoms with Crippen molar-refractivity contribution in [2.24, 2.45) is 28.9 Å². The molecule has 0 aromatic carbocycles. The van der Waals surface area contributed by atoms with E-state index in [2.05, 4.69) is 34.6 Å². The molecule has 0 amide bonds. The Morgan fingerprint density at radius 3 is 2.31 bits per heavy atom. The fourth-order valence-electron chi connectivity index (χ4n) is 2.95. The van der Waals surface area contributed by atoms with Crippen molar-refractivity contribution >= 4 is 0 Å². The lowest BCUT2D eigenvalue weighted by atomic mass is 9.66. The first-order chi connectivity index (χ1) is 7.30. The van der Waals surface area contributed by atoms with Gasteiger partial charge in [0.2, 0.25) is 0 Å². The standard InChI is InChI=1S/C15H31N/c1-11(2)6-7-12-10-13(15(3,4)5)8-9-14(12)16/h11-14H,6-10,16H2,1-5H3. The molecule has 1 saturated carbocycles. The monoisotopic (exact) mass is 225 g/mol. The summed E-state index contributed by atoms with van der Waals surface area (Å²) < 4.78 is 0. The summed E-state index contributed by atoms with van der Waals surface area (Å²) in [5.41, 5.74) is 6.74. The highest BCUT2D eigenvalue weighted by Gasteiger charge is 2.33. The van der Waals surface area contributed by atoms with Crippen LogP contribution in [0.5, 0.6) is 0 Å². The first-order valence-corrected chi connectivity index (χ1v) is 7.06. The van der Waals surface area contributed by atoms with Crippen LogP contribution in [-0.4, -0.2) is 6.04 Å². The molecule has 1 nitrogen and oxygen atoms in total. The molecule has 3 unspecified atom stereocenters. The van der Waals surface area contributed by atoms with Gasteiger partial charge in [-0.1, -0.05) is 41.0 Å². The van der Waals surface area contributed by atoms with Crippen molar-refractivity contribution in [2.45, 2.75) is 72.8 Å². The van der Waals surface area contributed by atoms with Crippen molar-refractivity contribution in [1.29, 1.82) is 0 Å². The molecule has 1 heteroatoms. The highest BCUT2D eigenvalue weighted by atomic mass is 14.7. The Kier molecular flexibility index (Phi) is 4.85. The van der Waals surface area contributed by atoms with Gasteiger partial charge in [0.15, 0.2) is 0 Å². The molecule has 3 atom stereocenters. The highest BCUT2D eigenvalue weighted by Crippen LogP contribution is 2.41. The van der Waals surface area contributed by atoms with E-state index in [4.69, 9.17) is 5.73 Å². The fraction of sp³-hybridized carbons (Fsp3) is 1.00. The smallest absolute Gasteiger partial charge is 0.00673 e. The van der Waals surface area contributed by atoms with Crippen molar-refractivity contribution in [3.05, 3.63) is 0 Å². The van der Waals surface area contributed by atoms with Crippen LogP contribution in [0, 0.1) is 23.2 Å². The topological polar surface area (TPSA) is 26.0 Å². The normalized spacial score (nSPS) is 32.1. The van der Waals surface area contributed by atoms with Crippen LogP contribution in [0.1, 0.15) is 66.7 Å². The molecule has 96 valence electrons. The van der Waals surface area contributed by atoms with Crippen LogP contribution < -0.4 is 5.73 Å². The van der Waals surface area contributed by atoms with Crippen molar-refractivity contribution in [2.75, 3.05) is 0 Å². The fourth-order valence-corrected chi connectivity index (χ4v) is 2.95. The number of hydrogen-bond acceptors (Lipinski definition) is 1. The van der Waals surface area contributed by atoms with E-state index in [9.17, 15) is 0 Å². The number of rotatable bonds is 3. The van der Waals surface area contributed by atoms with Gasteiger partial charge in [-0.25, -0.2) is 0 Å². The Labute approximate surface area is 102 Å². The summed E-state index contributed by atoms with van der Waals surface area (Å²) in [5.74, 6) is 2.48. The van der Waals surface area contributed by atoms with Crippen LogP contribution in [0.2, 0.25) is 0 Å². The zero-order valence-corrected chi connectivity index (χ0v) is 11.9. The third-order valence-corrected chi connectivity index (χ3v) is 4.38. The molecule has 0 spiro atoms. The molecule has 1 aliphatic carbocycles. The van der Waals surface area contributed by atoms with Gasteiger partial charge in [-0.05, 0) is 48.9 Å². The van der Waals surface area contributed by atoms with Crippen LogP contribution in [-0.2, 0) is 0 Å². The second-order valence-corrected chi connectivity index (χ2v) is 7.27. The van der Waals surface area contributed by atoms with Gasteiger partial charge in [0, 0.05) is 6.04 Å². The average Bonchev–Trinajstić information content (AvgIpc) is 2.14. The second kappa shape index (κ2) is 5.53. The summed E-state index contributed by atoms with van der Waals surface area (Å²) in [5, 5.41) is 0. The van der Waals surface area contributed by atoms with Crippen LogP contribution in [0.4, 0.5) is 0 Å². The largest absolute Gasteiger partial charge is 0.327 e. The second-order valence-electron chi connectivity index (χ2n) is 7.27. The van der Waals surface area contributed by atoms with E-state index in [0.717, 1.165) is 17.8 Å². The number of hydrogen-bond donors (Lipinski definition) is 1. The van der Waals surface area contributed by atoms with E-state index in [1.165, 1.54) is 32.1 Å². The zero-order valence-electron chi connectivity index (χ0n) is 11.9. The van der Waals surface area contributed by atoms with E-state index < -0.39 is 0 Å². The van der Waals surface area contributed by atoms with Gasteiger partial charge in [-0.15, -0.1) is 0 Å². The molecule has 2 N–H and O–H groups in total. The van der Waals surface area contributed by atoms with Gasteiger partial charge < -0.3 is 5.73 Å². The summed E-state index contributed by atoms with van der Waals surface area (Å²) in [6, 6.07) is 0.470. The first kappa shape index (κ1) is 14.0. The third-order valence-electron chi connectivity index (χ3n) is 4.38. The van der Waals surface area contributed by atoms with Gasteiger partial charge >= 0.3 is 0 Å². The third kappa shape index (κ3) is 4.08. The minimum Gasteiger partial charge on any atom is -0.327 e. The molecule has 1 aliphatic rings. The molecule has 0 aromatic rings. The molecule has 0 radical (unpaired) electrons. The quantitative estimate of drug-likeness (QED) is 0.765. The number of nitrogens with two attached hydrogens (primary N) is 1. The minimum atomic E-state index is 0.468. The molecule has 16 heavy (non-hydrogen) atoms. The Morgan fingerprint density at radius 1 is 1.19 bits per heavy atom. The lowest BCUT2D eigenvalue weighted by Crippen LogP contribution is -2.39. The predicted octanol–water partition coefficient (Wildman–Crippen LogP) is 4.21. The maximum absolute atomic E-state index is 6.27. The molecule has 1 rings (SSSR count). The summed E-state index contributed by atoms with van der Waals surface area (Å²) in [7, 11) is 0. The van der Waals surface area contributed by atoms with Gasteiger partial charge in [-0.3, -0.25) is 0 Å². The van der Waals surface area contributed by atoms with Crippen molar-refractivity contribution in [1.82, 2.24) is 0 Å². The van der Waals surface area contributed by atoms with Gasteiger partial charge in [0.1, 0.15) is 0 Å². The Bertz CT molecular complexity index is 202. The van der Waals surface area contributed by atoms with Crippen molar-refractivity contribution in [3.63, 3.8) is 0 Å². The van der Waals surface area contributed by atoms with Gasteiger partial charge in [-0.2, -0.15) is 0 Å². The average molecular weight is 225 g/mol. The predicted molar refractivity (Wildman–Crippen MR) is 72.3 cm³/mol. The van der Waals surface area contributed by atoms with Crippen molar-refractivity contribution in [3.8, 4) is 0 Å². The van der Waals surface area contributed by atoms with Crippen LogP contribution in [0.25, 0.3) is 0 Å². The summed E-state index contributed by atoms with van der Waals surface area (Å²) in [6.45, 7) is 11.8. The summed E-state index contributed by atoms with van der Waals surface area (Å²) >= 11 is 0. The molecule has 0 heterocycles. The van der Waals surface area contributed by atoms with E-state index >= 15 is 0 Å². The lowest BCUT2D eigenvalue weighted by Gasteiger charge is -2.41. The van der Waals surface area contributed by atoms with E-state index in [0.29, 0.717) is 11.5 Å².